The van der Waals surface area contributed by atoms with Crippen LogP contribution in [0.5, 0.6) is 0 Å². The average Bonchev–Trinajstić information content (AvgIpc) is 3.56. The van der Waals surface area contributed by atoms with Crippen LogP contribution in [0.2, 0.25) is 0 Å². The number of hydrogen-bond acceptors (Lipinski definition) is 5. The fraction of sp³-hybridized carbons (Fsp3) is 0.667. The molecule has 2 N–H and O–H groups in total. The van der Waals surface area contributed by atoms with E-state index >= 15 is 0 Å². The third kappa shape index (κ3) is 5.08. The third-order valence-electron chi connectivity index (χ3n) is 6.05. The van der Waals surface area contributed by atoms with Gasteiger partial charge in [-0.1, -0.05) is 0 Å². The van der Waals surface area contributed by atoms with E-state index in [-0.39, 0.29) is 23.8 Å². The molecule has 152 valence electrons. The minimum atomic E-state index is -0.0693. The molecule has 4 rings (SSSR count). The minimum absolute atomic E-state index is 0.00808. The van der Waals surface area contributed by atoms with Crippen LogP contribution in [0.3, 0.4) is 0 Å². The molecule has 2 atom stereocenters. The molecule has 2 saturated heterocycles. The van der Waals surface area contributed by atoms with Crippen molar-refractivity contribution < 1.29 is 14.3 Å². The number of nitrogens with zero attached hydrogens (tertiary/aromatic N) is 2. The van der Waals surface area contributed by atoms with E-state index in [1.54, 1.807) is 24.5 Å². The molecular formula is C21H30N4O3. The Bertz CT molecular complexity index is 673. The molecule has 3 aliphatic rings. The Morgan fingerprint density at radius 3 is 2.36 bits per heavy atom. The fourth-order valence-electron chi connectivity index (χ4n) is 4.22. The van der Waals surface area contributed by atoms with Gasteiger partial charge >= 0.3 is 0 Å². The van der Waals surface area contributed by atoms with Crippen molar-refractivity contribution in [3.63, 3.8) is 0 Å². The van der Waals surface area contributed by atoms with Gasteiger partial charge in [-0.15, -0.1) is 0 Å². The lowest BCUT2D eigenvalue weighted by Crippen LogP contribution is -2.49. The van der Waals surface area contributed by atoms with Gasteiger partial charge in [-0.2, -0.15) is 0 Å². The summed E-state index contributed by atoms with van der Waals surface area (Å²) in [5.74, 6) is 0.104. The topological polar surface area (TPSA) is 83.6 Å². The molecule has 0 aromatic carbocycles. The van der Waals surface area contributed by atoms with E-state index in [1.165, 1.54) is 0 Å². The molecule has 3 heterocycles. The molecule has 7 heteroatoms. The highest BCUT2D eigenvalue weighted by Crippen LogP contribution is 2.25. The molecule has 3 fully saturated rings. The zero-order valence-electron chi connectivity index (χ0n) is 16.3. The van der Waals surface area contributed by atoms with Gasteiger partial charge in [-0.25, -0.2) is 0 Å². The Kier molecular flexibility index (Phi) is 6.22. The lowest BCUT2D eigenvalue weighted by Gasteiger charge is -2.36. The van der Waals surface area contributed by atoms with Crippen LogP contribution in [-0.4, -0.2) is 66.1 Å². The Morgan fingerprint density at radius 2 is 1.64 bits per heavy atom. The van der Waals surface area contributed by atoms with Crippen molar-refractivity contribution in [3.05, 3.63) is 30.1 Å². The number of amides is 2. The third-order valence-corrected chi connectivity index (χ3v) is 6.05. The van der Waals surface area contributed by atoms with E-state index in [0.717, 1.165) is 64.8 Å². The van der Waals surface area contributed by atoms with E-state index in [1.807, 2.05) is 0 Å². The number of carbonyl (C=O) groups is 2. The van der Waals surface area contributed by atoms with Crippen molar-refractivity contribution in [1.29, 1.82) is 0 Å². The van der Waals surface area contributed by atoms with Gasteiger partial charge in [0, 0.05) is 62.4 Å². The first kappa shape index (κ1) is 19.3. The van der Waals surface area contributed by atoms with E-state index in [2.05, 4.69) is 20.5 Å². The predicted molar refractivity (Wildman–Crippen MR) is 105 cm³/mol. The Balaban J connectivity index is 1.43. The second-order valence-corrected chi connectivity index (χ2v) is 8.26. The molecule has 7 nitrogen and oxygen atoms in total. The number of likely N-dealkylation sites (tertiary alicyclic amines) is 1. The highest BCUT2D eigenvalue weighted by molar-refractivity contribution is 5.94. The zero-order valence-corrected chi connectivity index (χ0v) is 16.3. The number of nitrogens with one attached hydrogen (secondary N) is 2. The van der Waals surface area contributed by atoms with Gasteiger partial charge in [0.25, 0.3) is 5.91 Å². The molecule has 0 bridgehead atoms. The summed E-state index contributed by atoms with van der Waals surface area (Å²) < 4.78 is 5.52. The Labute approximate surface area is 166 Å². The minimum Gasteiger partial charge on any atom is -0.381 e. The first-order valence-electron chi connectivity index (χ1n) is 10.5. The van der Waals surface area contributed by atoms with E-state index in [4.69, 9.17) is 4.74 Å². The highest BCUT2D eigenvalue weighted by atomic mass is 16.5. The van der Waals surface area contributed by atoms with Crippen LogP contribution >= 0.6 is 0 Å². The summed E-state index contributed by atoms with van der Waals surface area (Å²) in [4.78, 5) is 31.7. The normalized spacial score (nSPS) is 27.0. The second-order valence-electron chi connectivity index (χ2n) is 8.26. The van der Waals surface area contributed by atoms with Crippen LogP contribution < -0.4 is 10.6 Å². The standard InChI is InChI=1S/C21H30N4O3/c26-20(15-5-9-22-10-6-15)24-18-2-1-16(21(27)23-17-3-4-17)13-25(14-18)19-7-11-28-12-8-19/h5-6,9-10,16-19H,1-4,7-8,11-14H2,(H,23,27)(H,24,26)/t16-,18+/m1/s1. The number of aromatic nitrogens is 1. The van der Waals surface area contributed by atoms with Gasteiger partial charge < -0.3 is 15.4 Å². The number of rotatable bonds is 5. The van der Waals surface area contributed by atoms with Gasteiger partial charge in [-0.05, 0) is 50.7 Å². The number of hydrogen-bond donors (Lipinski definition) is 2. The molecular weight excluding hydrogens is 356 g/mol. The summed E-state index contributed by atoms with van der Waals surface area (Å²) in [5, 5.41) is 6.36. The summed E-state index contributed by atoms with van der Waals surface area (Å²) in [6.07, 6.45) is 9.07. The van der Waals surface area contributed by atoms with Crippen molar-refractivity contribution in [2.45, 2.75) is 56.7 Å². The second kappa shape index (κ2) is 9.01. The van der Waals surface area contributed by atoms with Gasteiger partial charge in [0.2, 0.25) is 5.91 Å². The molecule has 1 aliphatic carbocycles. The Hall–Kier alpha value is -1.99. The largest absolute Gasteiger partial charge is 0.381 e. The molecule has 0 unspecified atom stereocenters. The lowest BCUT2D eigenvalue weighted by atomic mass is 10.00. The molecule has 2 amide bonds. The van der Waals surface area contributed by atoms with E-state index < -0.39 is 0 Å². The van der Waals surface area contributed by atoms with Crippen molar-refractivity contribution >= 4 is 11.8 Å². The van der Waals surface area contributed by atoms with Crippen molar-refractivity contribution in [3.8, 4) is 0 Å². The maximum absolute atomic E-state index is 12.7. The summed E-state index contributed by atoms with van der Waals surface area (Å²) >= 11 is 0. The Morgan fingerprint density at radius 1 is 0.929 bits per heavy atom. The molecule has 0 radical (unpaired) electrons. The van der Waals surface area contributed by atoms with Crippen molar-refractivity contribution in [2.75, 3.05) is 26.3 Å². The van der Waals surface area contributed by atoms with Crippen LogP contribution in [0.4, 0.5) is 0 Å². The van der Waals surface area contributed by atoms with Gasteiger partial charge in [0.15, 0.2) is 0 Å². The SMILES string of the molecule is O=C(N[C@H]1CC[C@@H](C(=O)NC2CC2)CN(C2CCOCC2)C1)c1ccncc1. The van der Waals surface area contributed by atoms with Crippen LogP contribution in [0, 0.1) is 5.92 Å². The summed E-state index contributed by atoms with van der Waals surface area (Å²) in [6, 6.07) is 4.31. The first-order valence-corrected chi connectivity index (χ1v) is 10.5. The monoisotopic (exact) mass is 386 g/mol. The van der Waals surface area contributed by atoms with Crippen LogP contribution in [0.15, 0.2) is 24.5 Å². The summed E-state index contributed by atoms with van der Waals surface area (Å²) in [7, 11) is 0. The van der Waals surface area contributed by atoms with Gasteiger partial charge in [0.1, 0.15) is 0 Å². The predicted octanol–water partition coefficient (Wildman–Crippen LogP) is 1.35. The smallest absolute Gasteiger partial charge is 0.251 e. The van der Waals surface area contributed by atoms with Crippen molar-refractivity contribution in [2.24, 2.45) is 5.92 Å². The number of ether oxygens (including phenoxy) is 1. The van der Waals surface area contributed by atoms with Gasteiger partial charge in [-0.3, -0.25) is 19.5 Å². The lowest BCUT2D eigenvalue weighted by molar-refractivity contribution is -0.126. The quantitative estimate of drug-likeness (QED) is 0.798. The number of carbonyl (C=O) groups excluding carboxylic acids is 2. The van der Waals surface area contributed by atoms with Crippen LogP contribution in [-0.2, 0) is 9.53 Å². The molecule has 1 aromatic rings. The molecule has 1 saturated carbocycles. The summed E-state index contributed by atoms with van der Waals surface area (Å²) in [6.45, 7) is 3.10. The maximum atomic E-state index is 12.7. The maximum Gasteiger partial charge on any atom is 0.251 e. The highest BCUT2D eigenvalue weighted by Gasteiger charge is 2.35. The fourth-order valence-corrected chi connectivity index (χ4v) is 4.22. The van der Waals surface area contributed by atoms with Crippen molar-refractivity contribution in [1.82, 2.24) is 20.5 Å². The van der Waals surface area contributed by atoms with E-state index in [0.29, 0.717) is 17.6 Å². The molecule has 0 spiro atoms. The molecule has 28 heavy (non-hydrogen) atoms. The van der Waals surface area contributed by atoms with Gasteiger partial charge in [0.05, 0.1) is 5.92 Å². The molecule has 2 aliphatic heterocycles. The first-order chi connectivity index (χ1) is 13.7. The molecule has 1 aromatic heterocycles. The summed E-state index contributed by atoms with van der Waals surface area (Å²) in [5.41, 5.74) is 0.625. The number of pyridine rings is 1. The zero-order chi connectivity index (χ0) is 19.3. The van der Waals surface area contributed by atoms with Crippen LogP contribution in [0.25, 0.3) is 0 Å². The van der Waals surface area contributed by atoms with E-state index in [9.17, 15) is 9.59 Å². The average molecular weight is 386 g/mol. The van der Waals surface area contributed by atoms with Crippen LogP contribution in [0.1, 0.15) is 48.9 Å².